The Morgan fingerprint density at radius 3 is 1.67 bits per heavy atom. The number of fused-ring (bicyclic) bond motifs is 2. The van der Waals surface area contributed by atoms with E-state index in [0.717, 1.165) is 12.8 Å². The molecule has 238 valence electrons. The number of benzene rings is 6. The van der Waals surface area contributed by atoms with Crippen LogP contribution in [0.3, 0.4) is 0 Å². The molecule has 0 N–H and O–H groups in total. The molecule has 0 heterocycles. The van der Waals surface area contributed by atoms with E-state index in [9.17, 15) is 0 Å². The summed E-state index contributed by atoms with van der Waals surface area (Å²) in [6.07, 6.45) is 21.9. The Hall–Kier alpha value is -5.46. The molecule has 0 amide bonds. The molecule has 0 saturated carbocycles. The van der Waals surface area contributed by atoms with Gasteiger partial charge in [0.15, 0.2) is 0 Å². The lowest BCUT2D eigenvalue weighted by atomic mass is 9.84. The average molecular weight is 631 g/mol. The second kappa shape index (κ2) is 13.6. The first kappa shape index (κ1) is 30.8. The van der Waals surface area contributed by atoms with Gasteiger partial charge < -0.3 is 0 Å². The van der Waals surface area contributed by atoms with Crippen molar-refractivity contribution in [3.05, 3.63) is 181 Å². The third kappa shape index (κ3) is 6.05. The molecule has 0 radical (unpaired) electrons. The van der Waals surface area contributed by atoms with E-state index in [0.29, 0.717) is 11.8 Å². The van der Waals surface area contributed by atoms with Gasteiger partial charge in [-0.15, -0.1) is 0 Å². The van der Waals surface area contributed by atoms with E-state index >= 15 is 0 Å². The van der Waals surface area contributed by atoms with Crippen molar-refractivity contribution in [3.8, 4) is 33.4 Å². The summed E-state index contributed by atoms with van der Waals surface area (Å²) in [6.45, 7) is 4.51. The monoisotopic (exact) mass is 630 g/mol. The van der Waals surface area contributed by atoms with E-state index in [1.807, 2.05) is 0 Å². The average Bonchev–Trinajstić information content (AvgIpc) is 3.43. The van der Waals surface area contributed by atoms with Crippen molar-refractivity contribution in [2.45, 2.75) is 33.1 Å². The minimum atomic E-state index is 0.494. The van der Waals surface area contributed by atoms with Crippen LogP contribution in [0.5, 0.6) is 0 Å². The summed E-state index contributed by atoms with van der Waals surface area (Å²) in [6, 6.07) is 45.2. The molecule has 0 aromatic heterocycles. The zero-order valence-corrected chi connectivity index (χ0v) is 28.4. The smallest absolute Gasteiger partial charge is 0.00261 e. The van der Waals surface area contributed by atoms with E-state index in [4.69, 9.17) is 0 Å². The van der Waals surface area contributed by atoms with Crippen molar-refractivity contribution in [3.63, 3.8) is 0 Å². The summed E-state index contributed by atoms with van der Waals surface area (Å²) >= 11 is 0. The highest BCUT2D eigenvalue weighted by molar-refractivity contribution is 6.22. The van der Waals surface area contributed by atoms with Crippen molar-refractivity contribution in [2.24, 2.45) is 11.8 Å². The van der Waals surface area contributed by atoms with Gasteiger partial charge in [-0.3, -0.25) is 0 Å². The molecule has 2 aliphatic carbocycles. The van der Waals surface area contributed by atoms with Crippen molar-refractivity contribution < 1.29 is 0 Å². The van der Waals surface area contributed by atoms with Crippen LogP contribution < -0.4 is 0 Å². The van der Waals surface area contributed by atoms with Crippen LogP contribution >= 0.6 is 0 Å². The third-order valence-corrected chi connectivity index (χ3v) is 10.5. The number of hydrogen-bond acceptors (Lipinski definition) is 0. The first-order valence-electron chi connectivity index (χ1n) is 17.9. The fourth-order valence-electron chi connectivity index (χ4n) is 7.56. The van der Waals surface area contributed by atoms with E-state index < -0.39 is 0 Å². The molecule has 8 rings (SSSR count). The molecule has 2 unspecified atom stereocenters. The molecule has 6 aromatic carbocycles. The van der Waals surface area contributed by atoms with Crippen LogP contribution in [-0.2, 0) is 0 Å². The highest BCUT2D eigenvalue weighted by Gasteiger charge is 2.18. The zero-order valence-electron chi connectivity index (χ0n) is 28.4. The summed E-state index contributed by atoms with van der Waals surface area (Å²) in [5.41, 5.74) is 12.6. The number of hydrogen-bond donors (Lipinski definition) is 0. The predicted octanol–water partition coefficient (Wildman–Crippen LogP) is 13.9. The van der Waals surface area contributed by atoms with Gasteiger partial charge in [0.2, 0.25) is 0 Å². The number of allylic oxidation sites excluding steroid dienone is 10. The van der Waals surface area contributed by atoms with Crippen LogP contribution in [0.15, 0.2) is 170 Å². The van der Waals surface area contributed by atoms with Gasteiger partial charge in [-0.05, 0) is 114 Å². The summed E-state index contributed by atoms with van der Waals surface area (Å²) in [5, 5.41) is 5.11. The Labute approximate surface area is 291 Å². The molecular weight excluding hydrogens is 589 g/mol. The van der Waals surface area contributed by atoms with Gasteiger partial charge in [-0.2, -0.15) is 0 Å². The minimum absolute atomic E-state index is 0.494. The molecule has 0 heteroatoms. The molecule has 0 spiro atoms. The Morgan fingerprint density at radius 1 is 0.469 bits per heavy atom. The Bertz CT molecular complexity index is 2290. The maximum Gasteiger partial charge on any atom is -0.00261 e. The molecule has 0 saturated heterocycles. The van der Waals surface area contributed by atoms with Crippen LogP contribution in [0.4, 0.5) is 0 Å². The summed E-state index contributed by atoms with van der Waals surface area (Å²) in [7, 11) is 0. The molecule has 0 fully saturated rings. The van der Waals surface area contributed by atoms with E-state index in [2.05, 4.69) is 184 Å². The van der Waals surface area contributed by atoms with Crippen molar-refractivity contribution >= 4 is 32.7 Å². The fraction of sp³-hybridized carbons (Fsp3) is 0.143. The van der Waals surface area contributed by atoms with Crippen molar-refractivity contribution in [1.82, 2.24) is 0 Å². The van der Waals surface area contributed by atoms with E-state index in [1.54, 1.807) is 0 Å². The molecular formula is C49H42. The molecule has 6 aromatic rings. The first-order valence-corrected chi connectivity index (χ1v) is 17.9. The molecule has 2 aliphatic rings. The maximum atomic E-state index is 2.41. The van der Waals surface area contributed by atoms with Gasteiger partial charge in [0, 0.05) is 0 Å². The molecule has 49 heavy (non-hydrogen) atoms. The van der Waals surface area contributed by atoms with Gasteiger partial charge >= 0.3 is 0 Å². The van der Waals surface area contributed by atoms with Gasteiger partial charge in [-0.25, -0.2) is 0 Å². The van der Waals surface area contributed by atoms with Crippen LogP contribution in [0, 0.1) is 11.8 Å². The lowest BCUT2D eigenvalue weighted by molar-refractivity contribution is 0.634. The zero-order chi connectivity index (χ0) is 33.2. The van der Waals surface area contributed by atoms with Crippen molar-refractivity contribution in [1.29, 1.82) is 0 Å². The summed E-state index contributed by atoms with van der Waals surface area (Å²) in [4.78, 5) is 0. The normalized spacial score (nSPS) is 17.3. The van der Waals surface area contributed by atoms with Gasteiger partial charge in [-0.1, -0.05) is 178 Å². The lowest BCUT2D eigenvalue weighted by Crippen LogP contribution is -1.97. The summed E-state index contributed by atoms with van der Waals surface area (Å²) in [5.74, 6) is 1.15. The van der Waals surface area contributed by atoms with Gasteiger partial charge in [0.25, 0.3) is 0 Å². The summed E-state index contributed by atoms with van der Waals surface area (Å²) < 4.78 is 0. The van der Waals surface area contributed by atoms with Crippen LogP contribution in [-0.4, -0.2) is 0 Å². The second-order valence-electron chi connectivity index (χ2n) is 13.4. The SMILES string of the molecule is CCC1C=CC=C(c2ccc(-c3c4ccccc4c(-c4ccc(C5=CCC(CC)C=C5)cc4)c4ccc(-c5ccccc5)cc34)cc2)C=C1. The largest absolute Gasteiger partial charge is 0.0805 e. The second-order valence-corrected chi connectivity index (χ2v) is 13.4. The van der Waals surface area contributed by atoms with Gasteiger partial charge in [0.05, 0.1) is 0 Å². The lowest BCUT2D eigenvalue weighted by Gasteiger charge is -2.19. The Morgan fingerprint density at radius 2 is 1.04 bits per heavy atom. The highest BCUT2D eigenvalue weighted by Crippen LogP contribution is 2.45. The van der Waals surface area contributed by atoms with E-state index in [1.165, 1.54) is 83.6 Å². The standard InChI is InChI=1S/C49H42/c1-3-34-11-10-14-37(20-17-34)39-23-29-42(30-24-39)49-45-16-9-8-15-44(45)48(46-32-31-43(33-47(46)49)36-12-6-5-7-13-36)41-27-25-40(26-28-41)38-21-18-35(4-2)19-22-38/h5-18,20-35H,3-4,19H2,1-2H3. The quantitative estimate of drug-likeness (QED) is 0.154. The highest BCUT2D eigenvalue weighted by atomic mass is 14.2. The third-order valence-electron chi connectivity index (χ3n) is 10.5. The molecule has 0 nitrogen and oxygen atoms in total. The van der Waals surface area contributed by atoms with E-state index in [-0.39, 0.29) is 0 Å². The van der Waals surface area contributed by atoms with Crippen LogP contribution in [0.1, 0.15) is 44.2 Å². The van der Waals surface area contributed by atoms with Crippen molar-refractivity contribution in [2.75, 3.05) is 0 Å². The fourth-order valence-corrected chi connectivity index (χ4v) is 7.56. The maximum absolute atomic E-state index is 2.41. The minimum Gasteiger partial charge on any atom is -0.0805 e. The first-order chi connectivity index (χ1) is 24.2. The molecule has 2 atom stereocenters. The Balaban J connectivity index is 1.29. The Kier molecular flexibility index (Phi) is 8.54. The van der Waals surface area contributed by atoms with Crippen LogP contribution in [0.2, 0.25) is 0 Å². The van der Waals surface area contributed by atoms with Crippen LogP contribution in [0.25, 0.3) is 66.1 Å². The topological polar surface area (TPSA) is 0 Å². The number of rotatable bonds is 7. The molecule has 0 bridgehead atoms. The van der Waals surface area contributed by atoms with Gasteiger partial charge in [0.1, 0.15) is 0 Å². The predicted molar refractivity (Wildman–Crippen MR) is 213 cm³/mol. The molecule has 0 aliphatic heterocycles.